The molecule has 1 aromatic carbocycles. The molecule has 1 amide bonds. The number of carbonyl (C=O) groups is 1. The Kier molecular flexibility index (Phi) is 5.04. The lowest BCUT2D eigenvalue weighted by atomic mass is 10.1. The molecule has 2 atom stereocenters. The lowest BCUT2D eigenvalue weighted by Gasteiger charge is -2.04. The van der Waals surface area contributed by atoms with Crippen molar-refractivity contribution in [3.8, 4) is 0 Å². The van der Waals surface area contributed by atoms with Crippen molar-refractivity contribution in [3.05, 3.63) is 35.4 Å². The van der Waals surface area contributed by atoms with Crippen molar-refractivity contribution in [2.75, 3.05) is 13.1 Å². The minimum Gasteiger partial charge on any atom is -0.355 e. The Balaban J connectivity index is 0.00000162. The summed E-state index contributed by atoms with van der Waals surface area (Å²) in [6.07, 6.45) is 0.610. The van der Waals surface area contributed by atoms with Crippen LogP contribution >= 0.6 is 12.4 Å². The molecule has 100 valence electrons. The molecule has 0 bridgehead atoms. The predicted octanol–water partition coefficient (Wildman–Crippen LogP) is 1.56. The molecule has 3 nitrogen and oxygen atoms in total. The average molecular weight is 277 g/mol. The van der Waals surface area contributed by atoms with Gasteiger partial charge in [0.1, 0.15) is 11.6 Å². The van der Waals surface area contributed by atoms with E-state index >= 15 is 0 Å². The van der Waals surface area contributed by atoms with Crippen molar-refractivity contribution in [2.24, 2.45) is 11.7 Å². The fourth-order valence-corrected chi connectivity index (χ4v) is 1.96. The van der Waals surface area contributed by atoms with Crippen molar-refractivity contribution in [1.82, 2.24) is 5.32 Å². The van der Waals surface area contributed by atoms with Gasteiger partial charge in [0.05, 0.1) is 0 Å². The first kappa shape index (κ1) is 14.9. The molecule has 0 spiro atoms. The number of halogens is 3. The second kappa shape index (κ2) is 6.11. The zero-order valence-electron chi connectivity index (χ0n) is 9.66. The van der Waals surface area contributed by atoms with Gasteiger partial charge in [-0.25, -0.2) is 8.78 Å². The highest BCUT2D eigenvalue weighted by atomic mass is 35.5. The summed E-state index contributed by atoms with van der Waals surface area (Å²) >= 11 is 0. The minimum absolute atomic E-state index is 0. The van der Waals surface area contributed by atoms with E-state index in [1.807, 2.05) is 0 Å². The summed E-state index contributed by atoms with van der Waals surface area (Å²) in [5.74, 6) is -1.63. The third-order valence-electron chi connectivity index (χ3n) is 2.93. The lowest BCUT2D eigenvalue weighted by Crippen LogP contribution is -2.30. The molecule has 1 aromatic rings. The van der Waals surface area contributed by atoms with Gasteiger partial charge in [-0.1, -0.05) is 6.07 Å². The molecular formula is C12H15ClF2N2O. The van der Waals surface area contributed by atoms with Gasteiger partial charge in [-0.15, -0.1) is 12.4 Å². The molecule has 0 radical (unpaired) electrons. The molecule has 0 heterocycles. The quantitative estimate of drug-likeness (QED) is 0.877. The van der Waals surface area contributed by atoms with Gasteiger partial charge >= 0.3 is 0 Å². The number of nitrogens with two attached hydrogens (primary N) is 1. The number of benzene rings is 1. The molecule has 1 aliphatic carbocycles. The summed E-state index contributed by atoms with van der Waals surface area (Å²) in [4.78, 5) is 11.6. The summed E-state index contributed by atoms with van der Waals surface area (Å²) in [6, 6.07) is 3.47. The SMILES string of the molecule is Cl.NCCNC(=O)C1CC1c1ccc(F)cc1F. The standard InChI is InChI=1S/C12H14F2N2O.ClH/c13-7-1-2-8(11(14)5-7)9-6-10(9)12(17)16-4-3-15;/h1-2,5,9-10H,3-4,6,15H2,(H,16,17);1H. The van der Waals surface area contributed by atoms with E-state index in [2.05, 4.69) is 5.32 Å². The van der Waals surface area contributed by atoms with E-state index in [0.717, 1.165) is 6.07 Å². The lowest BCUT2D eigenvalue weighted by molar-refractivity contribution is -0.122. The van der Waals surface area contributed by atoms with Gasteiger partial charge in [0.25, 0.3) is 0 Å². The Morgan fingerprint density at radius 2 is 2.17 bits per heavy atom. The van der Waals surface area contributed by atoms with E-state index in [1.165, 1.54) is 12.1 Å². The molecule has 18 heavy (non-hydrogen) atoms. The molecular weight excluding hydrogens is 262 g/mol. The topological polar surface area (TPSA) is 55.1 Å². The van der Waals surface area contributed by atoms with Crippen LogP contribution in [-0.4, -0.2) is 19.0 Å². The smallest absolute Gasteiger partial charge is 0.223 e. The van der Waals surface area contributed by atoms with Crippen LogP contribution in [0.3, 0.4) is 0 Å². The number of nitrogens with one attached hydrogen (secondary N) is 1. The Morgan fingerprint density at radius 1 is 1.44 bits per heavy atom. The van der Waals surface area contributed by atoms with Gasteiger partial charge in [-0.2, -0.15) is 0 Å². The Bertz CT molecular complexity index is 442. The van der Waals surface area contributed by atoms with E-state index in [1.54, 1.807) is 0 Å². The van der Waals surface area contributed by atoms with Gasteiger partial charge in [-0.3, -0.25) is 4.79 Å². The summed E-state index contributed by atoms with van der Waals surface area (Å²) < 4.78 is 26.2. The zero-order chi connectivity index (χ0) is 12.4. The molecule has 1 aliphatic rings. The molecule has 3 N–H and O–H groups in total. The van der Waals surface area contributed by atoms with Crippen molar-refractivity contribution < 1.29 is 13.6 Å². The van der Waals surface area contributed by atoms with Gasteiger partial charge in [-0.05, 0) is 24.0 Å². The molecule has 1 saturated carbocycles. The summed E-state index contributed by atoms with van der Waals surface area (Å²) in [5, 5.41) is 2.66. The normalized spacial score (nSPS) is 21.1. The van der Waals surface area contributed by atoms with E-state index in [4.69, 9.17) is 5.73 Å². The van der Waals surface area contributed by atoms with Crippen LogP contribution in [0.25, 0.3) is 0 Å². The van der Waals surface area contributed by atoms with Crippen LogP contribution in [0, 0.1) is 17.6 Å². The molecule has 0 aliphatic heterocycles. The van der Waals surface area contributed by atoms with Crippen LogP contribution in [-0.2, 0) is 4.79 Å². The van der Waals surface area contributed by atoms with E-state index in [9.17, 15) is 13.6 Å². The number of hydrogen-bond acceptors (Lipinski definition) is 2. The van der Waals surface area contributed by atoms with Crippen molar-refractivity contribution in [2.45, 2.75) is 12.3 Å². The Hall–Kier alpha value is -1.20. The van der Waals surface area contributed by atoms with Crippen molar-refractivity contribution >= 4 is 18.3 Å². The molecule has 1 fully saturated rings. The second-order valence-electron chi connectivity index (χ2n) is 4.19. The first-order chi connectivity index (χ1) is 8.13. The number of rotatable bonds is 4. The number of amides is 1. The zero-order valence-corrected chi connectivity index (χ0v) is 10.5. The molecule has 0 saturated heterocycles. The van der Waals surface area contributed by atoms with Crippen LogP contribution in [0.1, 0.15) is 17.9 Å². The highest BCUT2D eigenvalue weighted by molar-refractivity contribution is 5.85. The van der Waals surface area contributed by atoms with Gasteiger partial charge in [0, 0.05) is 25.1 Å². The van der Waals surface area contributed by atoms with Crippen LogP contribution < -0.4 is 11.1 Å². The molecule has 2 rings (SSSR count). The van der Waals surface area contributed by atoms with Crippen molar-refractivity contribution in [3.63, 3.8) is 0 Å². The average Bonchev–Trinajstić information content (AvgIpc) is 3.06. The van der Waals surface area contributed by atoms with Crippen LogP contribution in [0.2, 0.25) is 0 Å². The third kappa shape index (κ3) is 3.17. The third-order valence-corrected chi connectivity index (χ3v) is 2.93. The van der Waals surface area contributed by atoms with Gasteiger partial charge in [0.15, 0.2) is 0 Å². The highest BCUT2D eigenvalue weighted by Crippen LogP contribution is 2.48. The molecule has 6 heteroatoms. The Labute approximate surface area is 110 Å². The monoisotopic (exact) mass is 276 g/mol. The van der Waals surface area contributed by atoms with E-state index in [0.29, 0.717) is 25.1 Å². The molecule has 0 aromatic heterocycles. The Morgan fingerprint density at radius 3 is 2.78 bits per heavy atom. The highest BCUT2D eigenvalue weighted by Gasteiger charge is 2.44. The summed E-state index contributed by atoms with van der Waals surface area (Å²) in [5.41, 5.74) is 5.68. The second-order valence-corrected chi connectivity index (χ2v) is 4.19. The van der Waals surface area contributed by atoms with Crippen LogP contribution in [0.15, 0.2) is 18.2 Å². The maximum atomic E-state index is 13.4. The fourth-order valence-electron chi connectivity index (χ4n) is 1.96. The number of carbonyl (C=O) groups excluding carboxylic acids is 1. The largest absolute Gasteiger partial charge is 0.355 e. The minimum atomic E-state index is -0.601. The van der Waals surface area contributed by atoms with Gasteiger partial charge < -0.3 is 11.1 Å². The maximum Gasteiger partial charge on any atom is 0.223 e. The van der Waals surface area contributed by atoms with Crippen LogP contribution in [0.4, 0.5) is 8.78 Å². The van der Waals surface area contributed by atoms with Crippen LogP contribution in [0.5, 0.6) is 0 Å². The fraction of sp³-hybridized carbons (Fsp3) is 0.417. The summed E-state index contributed by atoms with van der Waals surface area (Å²) in [6.45, 7) is 0.808. The first-order valence-corrected chi connectivity index (χ1v) is 5.56. The number of hydrogen-bond donors (Lipinski definition) is 2. The first-order valence-electron chi connectivity index (χ1n) is 5.56. The predicted molar refractivity (Wildman–Crippen MR) is 66.5 cm³/mol. The van der Waals surface area contributed by atoms with Gasteiger partial charge in [0.2, 0.25) is 5.91 Å². The van der Waals surface area contributed by atoms with Crippen molar-refractivity contribution in [1.29, 1.82) is 0 Å². The van der Waals surface area contributed by atoms with E-state index < -0.39 is 11.6 Å². The summed E-state index contributed by atoms with van der Waals surface area (Å²) in [7, 11) is 0. The maximum absolute atomic E-state index is 13.4. The molecule has 2 unspecified atom stereocenters. The van der Waals surface area contributed by atoms with E-state index in [-0.39, 0.29) is 30.2 Å².